The summed E-state index contributed by atoms with van der Waals surface area (Å²) < 4.78 is 0. The molecule has 1 amide bonds. The molecule has 3 aromatic rings. The Balaban J connectivity index is 1.98. The molecule has 0 atom stereocenters. The lowest BCUT2D eigenvalue weighted by atomic mass is 10.0. The third-order valence-corrected chi connectivity index (χ3v) is 5.03. The van der Waals surface area contributed by atoms with Gasteiger partial charge in [-0.2, -0.15) is 0 Å². The molecule has 5 heteroatoms. The number of H-pyrrole nitrogens is 1. The minimum atomic E-state index is -0.114. The van der Waals surface area contributed by atoms with Crippen molar-refractivity contribution in [2.45, 2.75) is 39.5 Å². The smallest absolute Gasteiger partial charge is 0.255 e. The van der Waals surface area contributed by atoms with E-state index in [1.165, 1.54) is 0 Å². The fourth-order valence-electron chi connectivity index (χ4n) is 3.30. The van der Waals surface area contributed by atoms with Gasteiger partial charge in [0.05, 0.1) is 22.4 Å². The van der Waals surface area contributed by atoms with Gasteiger partial charge in [-0.15, -0.1) is 0 Å². The Morgan fingerprint density at radius 2 is 1.81 bits per heavy atom. The molecular weight excluding hydrogens is 336 g/mol. The first-order valence-electron chi connectivity index (χ1n) is 9.51. The second-order valence-corrected chi connectivity index (χ2v) is 7.24. The van der Waals surface area contributed by atoms with Crippen LogP contribution in [0.15, 0.2) is 36.4 Å². The number of imidazole rings is 1. The van der Waals surface area contributed by atoms with Crippen molar-refractivity contribution in [3.63, 3.8) is 0 Å². The highest BCUT2D eigenvalue weighted by atomic mass is 16.1. The molecule has 0 aliphatic rings. The van der Waals surface area contributed by atoms with Gasteiger partial charge in [0.1, 0.15) is 5.82 Å². The summed E-state index contributed by atoms with van der Waals surface area (Å²) >= 11 is 0. The largest absolute Gasteiger partial charge is 0.376 e. The summed E-state index contributed by atoms with van der Waals surface area (Å²) in [5.41, 5.74) is 5.36. The molecule has 0 fully saturated rings. The van der Waals surface area contributed by atoms with Crippen molar-refractivity contribution in [2.24, 2.45) is 0 Å². The van der Waals surface area contributed by atoms with Crippen LogP contribution in [0.5, 0.6) is 0 Å². The van der Waals surface area contributed by atoms with E-state index in [1.54, 1.807) is 0 Å². The van der Waals surface area contributed by atoms with E-state index in [2.05, 4.69) is 24.1 Å². The normalized spacial score (nSPS) is 11.2. The maximum atomic E-state index is 12.7. The molecule has 142 valence electrons. The fourth-order valence-corrected chi connectivity index (χ4v) is 3.30. The first kappa shape index (κ1) is 19.0. The predicted molar refractivity (Wildman–Crippen MR) is 113 cm³/mol. The lowest BCUT2D eigenvalue weighted by Gasteiger charge is -2.18. The molecule has 1 heterocycles. The van der Waals surface area contributed by atoms with E-state index in [1.807, 2.05) is 62.3 Å². The average Bonchev–Trinajstić information content (AvgIpc) is 3.05. The minimum Gasteiger partial charge on any atom is -0.376 e. The van der Waals surface area contributed by atoms with Crippen LogP contribution in [0.25, 0.3) is 11.0 Å². The Labute approximate surface area is 160 Å². The summed E-state index contributed by atoms with van der Waals surface area (Å²) in [6.45, 7) is 6.37. The maximum Gasteiger partial charge on any atom is 0.255 e. The molecule has 3 rings (SSSR count). The Kier molecular flexibility index (Phi) is 5.49. The number of aromatic amines is 1. The Morgan fingerprint density at radius 3 is 2.41 bits per heavy atom. The summed E-state index contributed by atoms with van der Waals surface area (Å²) in [6, 6.07) is 11.6. The van der Waals surface area contributed by atoms with Gasteiger partial charge in [-0.1, -0.05) is 31.5 Å². The molecule has 0 saturated heterocycles. The first-order valence-corrected chi connectivity index (χ1v) is 9.51. The molecule has 0 saturated carbocycles. The third-order valence-electron chi connectivity index (χ3n) is 5.03. The number of carbonyl (C=O) groups is 1. The van der Waals surface area contributed by atoms with Crippen molar-refractivity contribution in [3.8, 4) is 0 Å². The number of aromatic nitrogens is 2. The Bertz CT molecular complexity index is 937. The molecular formula is C22H28N4O. The summed E-state index contributed by atoms with van der Waals surface area (Å²) in [7, 11) is 3.94. The number of benzene rings is 2. The number of fused-ring (bicyclic) bond motifs is 1. The zero-order valence-electron chi connectivity index (χ0n) is 16.8. The van der Waals surface area contributed by atoms with Gasteiger partial charge in [-0.05, 0) is 44.0 Å². The molecule has 0 aliphatic carbocycles. The van der Waals surface area contributed by atoms with Gasteiger partial charge in [0.2, 0.25) is 0 Å². The average molecular weight is 364 g/mol. The van der Waals surface area contributed by atoms with Gasteiger partial charge in [-0.3, -0.25) is 4.79 Å². The number of nitrogens with zero attached hydrogens (tertiary/aromatic N) is 2. The lowest BCUT2D eigenvalue weighted by Crippen LogP contribution is -2.16. The quantitative estimate of drug-likeness (QED) is 0.640. The molecule has 0 bridgehead atoms. The maximum absolute atomic E-state index is 12.7. The van der Waals surface area contributed by atoms with Crippen molar-refractivity contribution < 1.29 is 4.79 Å². The predicted octanol–water partition coefficient (Wildman–Crippen LogP) is 5.09. The van der Waals surface area contributed by atoms with Gasteiger partial charge in [0.25, 0.3) is 5.91 Å². The van der Waals surface area contributed by atoms with Gasteiger partial charge in [-0.25, -0.2) is 4.98 Å². The van der Waals surface area contributed by atoms with E-state index in [4.69, 9.17) is 4.98 Å². The topological polar surface area (TPSA) is 61.0 Å². The Hall–Kier alpha value is -2.82. The number of hydrogen-bond acceptors (Lipinski definition) is 3. The van der Waals surface area contributed by atoms with Gasteiger partial charge < -0.3 is 15.2 Å². The highest BCUT2D eigenvalue weighted by molar-refractivity contribution is 6.07. The van der Waals surface area contributed by atoms with Crippen LogP contribution < -0.4 is 10.2 Å². The van der Waals surface area contributed by atoms with Crippen LogP contribution >= 0.6 is 0 Å². The fraction of sp³-hybridized carbons (Fsp3) is 0.364. The third kappa shape index (κ3) is 3.97. The Morgan fingerprint density at radius 1 is 1.15 bits per heavy atom. The van der Waals surface area contributed by atoms with Crippen LogP contribution in [-0.4, -0.2) is 30.0 Å². The summed E-state index contributed by atoms with van der Waals surface area (Å²) in [4.78, 5) is 22.9. The van der Waals surface area contributed by atoms with Gasteiger partial charge in [0, 0.05) is 25.6 Å². The van der Waals surface area contributed by atoms with Crippen molar-refractivity contribution >= 4 is 28.3 Å². The van der Waals surface area contributed by atoms with E-state index in [0.29, 0.717) is 11.5 Å². The molecule has 2 N–H and O–H groups in total. The van der Waals surface area contributed by atoms with Crippen LogP contribution in [0.4, 0.5) is 11.4 Å². The molecule has 0 radical (unpaired) electrons. The first-order chi connectivity index (χ1) is 12.9. The summed E-state index contributed by atoms with van der Waals surface area (Å²) in [5, 5.41) is 3.06. The van der Waals surface area contributed by atoms with Crippen molar-refractivity contribution in [3.05, 3.63) is 53.3 Å². The zero-order valence-corrected chi connectivity index (χ0v) is 16.8. The van der Waals surface area contributed by atoms with Crippen molar-refractivity contribution in [1.82, 2.24) is 9.97 Å². The van der Waals surface area contributed by atoms with E-state index < -0.39 is 0 Å². The van der Waals surface area contributed by atoms with E-state index in [-0.39, 0.29) is 5.91 Å². The van der Waals surface area contributed by atoms with Crippen molar-refractivity contribution in [2.75, 3.05) is 24.3 Å². The molecule has 1 aromatic heterocycles. The number of aryl methyl sites for hydroxylation is 1. The highest BCUT2D eigenvalue weighted by Gasteiger charge is 2.16. The lowest BCUT2D eigenvalue weighted by molar-refractivity contribution is 0.102. The number of hydrogen-bond donors (Lipinski definition) is 2. The molecule has 0 spiro atoms. The second kappa shape index (κ2) is 7.82. The van der Waals surface area contributed by atoms with Crippen LogP contribution in [0.3, 0.4) is 0 Å². The van der Waals surface area contributed by atoms with E-state index >= 15 is 0 Å². The van der Waals surface area contributed by atoms with Crippen molar-refractivity contribution in [1.29, 1.82) is 0 Å². The number of amides is 1. The highest BCUT2D eigenvalue weighted by Crippen LogP contribution is 2.31. The van der Waals surface area contributed by atoms with Crippen LogP contribution in [-0.2, 0) is 0 Å². The molecule has 0 aliphatic heterocycles. The summed E-state index contributed by atoms with van der Waals surface area (Å²) in [5.74, 6) is 1.32. The molecule has 0 unspecified atom stereocenters. The van der Waals surface area contributed by atoms with Crippen LogP contribution in [0, 0.1) is 6.92 Å². The van der Waals surface area contributed by atoms with E-state index in [9.17, 15) is 4.79 Å². The monoisotopic (exact) mass is 364 g/mol. The number of rotatable bonds is 6. The second-order valence-electron chi connectivity index (χ2n) is 7.24. The number of nitrogens with one attached hydrogen (secondary N) is 2. The van der Waals surface area contributed by atoms with Gasteiger partial charge in [0.15, 0.2) is 0 Å². The van der Waals surface area contributed by atoms with E-state index in [0.717, 1.165) is 46.6 Å². The molecule has 5 nitrogen and oxygen atoms in total. The molecule has 2 aromatic carbocycles. The van der Waals surface area contributed by atoms with Gasteiger partial charge >= 0.3 is 0 Å². The SMILES string of the molecule is CCC(CC)c1nc2cc(N(C)C)c(NC(=O)c3ccc(C)cc3)cc2[nH]1. The standard InChI is InChI=1S/C22H28N4O/c1-6-15(7-2)21-23-17-12-19(20(26(4)5)13-18(17)24-21)25-22(27)16-10-8-14(3)9-11-16/h8-13,15H,6-7H2,1-5H3,(H,23,24)(H,25,27). The molecule has 27 heavy (non-hydrogen) atoms. The van der Waals surface area contributed by atoms with Crippen LogP contribution in [0.1, 0.15) is 54.4 Å². The number of anilines is 2. The minimum absolute atomic E-state index is 0.114. The van der Waals surface area contributed by atoms with Crippen LogP contribution in [0.2, 0.25) is 0 Å². The number of carbonyl (C=O) groups excluding carboxylic acids is 1. The summed E-state index contributed by atoms with van der Waals surface area (Å²) in [6.07, 6.45) is 2.10. The zero-order chi connectivity index (χ0) is 19.6.